The number of nitrogens with one attached hydrogen (secondary N) is 1. The first kappa shape index (κ1) is 12.4. The van der Waals surface area contributed by atoms with Gasteiger partial charge in [-0.25, -0.2) is 5.84 Å². The normalized spacial score (nSPS) is 10.5. The maximum absolute atomic E-state index is 10.7. The fraction of sp³-hybridized carbons (Fsp3) is 0.889. The molecule has 0 aromatic carbocycles. The first-order chi connectivity index (χ1) is 6.20. The summed E-state index contributed by atoms with van der Waals surface area (Å²) in [6.45, 7) is 4.34. The summed E-state index contributed by atoms with van der Waals surface area (Å²) in [6, 6.07) is 0. The Balaban J connectivity index is 3.12. The van der Waals surface area contributed by atoms with Crippen LogP contribution in [0.3, 0.4) is 0 Å². The van der Waals surface area contributed by atoms with Crippen LogP contribution in [-0.2, 0) is 4.79 Å². The lowest BCUT2D eigenvalue weighted by Crippen LogP contribution is -2.29. The average Bonchev–Trinajstić information content (AvgIpc) is 2.16. The summed E-state index contributed by atoms with van der Waals surface area (Å²) in [5, 5.41) is 0. The Morgan fingerprint density at radius 3 is 2.62 bits per heavy atom. The van der Waals surface area contributed by atoms with Gasteiger partial charge in [-0.3, -0.25) is 10.2 Å². The van der Waals surface area contributed by atoms with Crippen LogP contribution in [0.4, 0.5) is 0 Å². The zero-order valence-electron chi connectivity index (χ0n) is 8.68. The lowest BCUT2D eigenvalue weighted by atomic mass is 10.2. The molecule has 0 aromatic rings. The molecule has 0 aliphatic heterocycles. The van der Waals surface area contributed by atoms with E-state index in [0.717, 1.165) is 32.4 Å². The number of hydrogen-bond donors (Lipinski definition) is 2. The SMILES string of the molecule is CCN(C)CCCCCC(=O)NN. The van der Waals surface area contributed by atoms with E-state index in [2.05, 4.69) is 24.3 Å². The van der Waals surface area contributed by atoms with Crippen molar-refractivity contribution in [3.8, 4) is 0 Å². The molecule has 1 amide bonds. The summed E-state index contributed by atoms with van der Waals surface area (Å²) in [6.07, 6.45) is 3.73. The number of hydrazine groups is 1. The maximum Gasteiger partial charge on any atom is 0.233 e. The van der Waals surface area contributed by atoms with E-state index >= 15 is 0 Å². The molecule has 3 N–H and O–H groups in total. The van der Waals surface area contributed by atoms with E-state index < -0.39 is 0 Å². The number of carbonyl (C=O) groups excluding carboxylic acids is 1. The molecular weight excluding hydrogens is 166 g/mol. The van der Waals surface area contributed by atoms with E-state index in [9.17, 15) is 4.79 Å². The van der Waals surface area contributed by atoms with Crippen LogP contribution in [0.1, 0.15) is 32.6 Å². The molecule has 0 atom stereocenters. The topological polar surface area (TPSA) is 58.4 Å². The van der Waals surface area contributed by atoms with Crippen molar-refractivity contribution in [3.05, 3.63) is 0 Å². The molecule has 78 valence electrons. The third-order valence-electron chi connectivity index (χ3n) is 2.14. The zero-order chi connectivity index (χ0) is 10.1. The predicted molar refractivity (Wildman–Crippen MR) is 54.0 cm³/mol. The minimum Gasteiger partial charge on any atom is -0.307 e. The van der Waals surface area contributed by atoms with Crippen LogP contribution in [0.5, 0.6) is 0 Å². The number of carbonyl (C=O) groups is 1. The summed E-state index contributed by atoms with van der Waals surface area (Å²) in [4.78, 5) is 13.0. The largest absolute Gasteiger partial charge is 0.307 e. The number of amides is 1. The molecule has 0 aromatic heterocycles. The molecule has 0 saturated heterocycles. The Morgan fingerprint density at radius 2 is 2.08 bits per heavy atom. The van der Waals surface area contributed by atoms with Crippen molar-refractivity contribution in [2.24, 2.45) is 5.84 Å². The number of rotatable bonds is 7. The molecule has 0 saturated carbocycles. The van der Waals surface area contributed by atoms with Crippen molar-refractivity contribution >= 4 is 5.91 Å². The fourth-order valence-electron chi connectivity index (χ4n) is 1.07. The molecule has 4 nitrogen and oxygen atoms in total. The van der Waals surface area contributed by atoms with Gasteiger partial charge < -0.3 is 4.90 Å². The van der Waals surface area contributed by atoms with Gasteiger partial charge in [-0.1, -0.05) is 13.3 Å². The Hall–Kier alpha value is -0.610. The second kappa shape index (κ2) is 8.01. The number of nitrogens with zero attached hydrogens (tertiary/aromatic N) is 1. The van der Waals surface area contributed by atoms with E-state index in [1.165, 1.54) is 0 Å². The predicted octanol–water partition coefficient (Wildman–Crippen LogP) is 0.488. The number of hydrogen-bond acceptors (Lipinski definition) is 3. The molecule has 0 aliphatic carbocycles. The average molecular weight is 187 g/mol. The third-order valence-corrected chi connectivity index (χ3v) is 2.14. The van der Waals surface area contributed by atoms with Gasteiger partial charge in [0.05, 0.1) is 0 Å². The van der Waals surface area contributed by atoms with Crippen molar-refractivity contribution in [2.75, 3.05) is 20.1 Å². The molecule has 0 aliphatic rings. The molecular formula is C9H21N3O. The number of unbranched alkanes of at least 4 members (excludes halogenated alkanes) is 2. The third kappa shape index (κ3) is 7.74. The van der Waals surface area contributed by atoms with Crippen molar-refractivity contribution in [1.29, 1.82) is 0 Å². The quantitative estimate of drug-likeness (QED) is 0.264. The van der Waals surface area contributed by atoms with Gasteiger partial charge in [0.1, 0.15) is 0 Å². The molecule has 0 bridgehead atoms. The standard InChI is InChI=1S/C9H21N3O/c1-3-12(2)8-6-4-5-7-9(13)11-10/h3-8,10H2,1-2H3,(H,11,13). The Bertz CT molecular complexity index is 139. The van der Waals surface area contributed by atoms with Crippen LogP contribution in [-0.4, -0.2) is 30.9 Å². The monoisotopic (exact) mass is 187 g/mol. The Labute approximate surface area is 80.4 Å². The second-order valence-electron chi connectivity index (χ2n) is 3.27. The molecule has 0 heterocycles. The Morgan fingerprint density at radius 1 is 1.38 bits per heavy atom. The van der Waals surface area contributed by atoms with Crippen LogP contribution in [0.2, 0.25) is 0 Å². The highest BCUT2D eigenvalue weighted by molar-refractivity contribution is 5.74. The van der Waals surface area contributed by atoms with Gasteiger partial charge in [0, 0.05) is 6.42 Å². The highest BCUT2D eigenvalue weighted by Crippen LogP contribution is 2.00. The molecule has 0 rings (SSSR count). The van der Waals surface area contributed by atoms with Crippen LogP contribution in [0, 0.1) is 0 Å². The van der Waals surface area contributed by atoms with Gasteiger partial charge in [0.2, 0.25) is 5.91 Å². The summed E-state index contributed by atoms with van der Waals surface area (Å²) in [5.41, 5.74) is 2.13. The van der Waals surface area contributed by atoms with Gasteiger partial charge in [-0.05, 0) is 33.0 Å². The van der Waals surface area contributed by atoms with Crippen molar-refractivity contribution in [1.82, 2.24) is 10.3 Å². The van der Waals surface area contributed by atoms with Crippen LogP contribution in [0.25, 0.3) is 0 Å². The van der Waals surface area contributed by atoms with Crippen LogP contribution >= 0.6 is 0 Å². The Kier molecular flexibility index (Phi) is 7.63. The van der Waals surface area contributed by atoms with E-state index in [1.54, 1.807) is 0 Å². The van der Waals surface area contributed by atoms with E-state index in [0.29, 0.717) is 6.42 Å². The summed E-state index contributed by atoms with van der Waals surface area (Å²) < 4.78 is 0. The summed E-state index contributed by atoms with van der Waals surface area (Å²) in [7, 11) is 2.10. The number of nitrogens with two attached hydrogens (primary N) is 1. The highest BCUT2D eigenvalue weighted by atomic mass is 16.2. The van der Waals surface area contributed by atoms with Gasteiger partial charge >= 0.3 is 0 Å². The van der Waals surface area contributed by atoms with Gasteiger partial charge in [0.15, 0.2) is 0 Å². The molecule has 4 heteroatoms. The van der Waals surface area contributed by atoms with Gasteiger partial charge in [-0.2, -0.15) is 0 Å². The summed E-state index contributed by atoms with van der Waals surface area (Å²) in [5.74, 6) is 4.88. The first-order valence-corrected chi connectivity index (χ1v) is 4.88. The van der Waals surface area contributed by atoms with E-state index in [-0.39, 0.29) is 5.91 Å². The molecule has 0 radical (unpaired) electrons. The van der Waals surface area contributed by atoms with Crippen molar-refractivity contribution < 1.29 is 4.79 Å². The molecule has 13 heavy (non-hydrogen) atoms. The van der Waals surface area contributed by atoms with Crippen molar-refractivity contribution in [2.45, 2.75) is 32.6 Å². The van der Waals surface area contributed by atoms with Crippen molar-refractivity contribution in [3.63, 3.8) is 0 Å². The van der Waals surface area contributed by atoms with E-state index in [4.69, 9.17) is 5.84 Å². The maximum atomic E-state index is 10.7. The lowest BCUT2D eigenvalue weighted by molar-refractivity contribution is -0.121. The van der Waals surface area contributed by atoms with Gasteiger partial charge in [0.25, 0.3) is 0 Å². The minimum atomic E-state index is -0.0659. The van der Waals surface area contributed by atoms with Gasteiger partial charge in [-0.15, -0.1) is 0 Å². The summed E-state index contributed by atoms with van der Waals surface area (Å²) >= 11 is 0. The lowest BCUT2D eigenvalue weighted by Gasteiger charge is -2.12. The van der Waals surface area contributed by atoms with Crippen LogP contribution in [0.15, 0.2) is 0 Å². The molecule has 0 fully saturated rings. The first-order valence-electron chi connectivity index (χ1n) is 4.88. The zero-order valence-corrected chi connectivity index (χ0v) is 8.68. The highest BCUT2D eigenvalue weighted by Gasteiger charge is 1.98. The van der Waals surface area contributed by atoms with E-state index in [1.807, 2.05) is 0 Å². The smallest absolute Gasteiger partial charge is 0.233 e. The minimum absolute atomic E-state index is 0.0659. The molecule has 0 unspecified atom stereocenters. The second-order valence-corrected chi connectivity index (χ2v) is 3.27. The molecule has 0 spiro atoms. The van der Waals surface area contributed by atoms with Crippen LogP contribution < -0.4 is 11.3 Å². The fourth-order valence-corrected chi connectivity index (χ4v) is 1.07.